The van der Waals surface area contributed by atoms with Crippen LogP contribution in [0.1, 0.15) is 25.3 Å². The average Bonchev–Trinajstić information content (AvgIpc) is 2.53. The highest BCUT2D eigenvalue weighted by atomic mass is 19.1. The van der Waals surface area contributed by atoms with Gasteiger partial charge in [0, 0.05) is 30.6 Å². The summed E-state index contributed by atoms with van der Waals surface area (Å²) in [5, 5.41) is 21.2. The summed E-state index contributed by atoms with van der Waals surface area (Å²) in [6.07, 6.45) is 0.850. The second-order valence-corrected chi connectivity index (χ2v) is 6.22. The summed E-state index contributed by atoms with van der Waals surface area (Å²) in [5.41, 5.74) is 7.10. The largest absolute Gasteiger partial charge is 0.374 e. The number of nitrogens with one attached hydrogen (secondary N) is 2. The molecule has 3 rings (SSSR count). The Morgan fingerprint density at radius 3 is 2.79 bits per heavy atom. The van der Waals surface area contributed by atoms with Crippen molar-refractivity contribution in [2.24, 2.45) is 5.73 Å². The smallest absolute Gasteiger partial charge is 0.140 e. The van der Waals surface area contributed by atoms with Crippen molar-refractivity contribution < 1.29 is 9.50 Å². The molecule has 1 saturated heterocycles. The maximum atomic E-state index is 13.5. The minimum Gasteiger partial charge on any atom is -0.374 e. The van der Waals surface area contributed by atoms with Crippen molar-refractivity contribution in [1.29, 1.82) is 5.41 Å². The number of aromatic nitrogens is 1. The summed E-state index contributed by atoms with van der Waals surface area (Å²) >= 11 is 0. The van der Waals surface area contributed by atoms with Crippen LogP contribution in [0, 0.1) is 11.2 Å². The normalized spacial score (nSPS) is 17.1. The zero-order valence-electron chi connectivity index (χ0n) is 13.6. The van der Waals surface area contributed by atoms with E-state index in [0.29, 0.717) is 16.9 Å². The molecule has 128 valence electrons. The Balaban J connectivity index is 2.06. The van der Waals surface area contributed by atoms with Crippen molar-refractivity contribution in [2.45, 2.75) is 32.0 Å². The lowest BCUT2D eigenvalue weighted by atomic mass is 10.0. The van der Waals surface area contributed by atoms with Crippen molar-refractivity contribution in [1.82, 2.24) is 10.3 Å². The number of aliphatic hydroxyl groups is 1. The van der Waals surface area contributed by atoms with E-state index in [1.165, 1.54) is 12.1 Å². The molecule has 1 unspecified atom stereocenters. The second kappa shape index (κ2) is 6.70. The number of hydrogen-bond acceptors (Lipinski definition) is 5. The van der Waals surface area contributed by atoms with Crippen LogP contribution in [-0.4, -0.2) is 41.3 Å². The van der Waals surface area contributed by atoms with Gasteiger partial charge in [-0.2, -0.15) is 0 Å². The predicted molar refractivity (Wildman–Crippen MR) is 92.8 cm³/mol. The zero-order valence-corrected chi connectivity index (χ0v) is 13.6. The van der Waals surface area contributed by atoms with Crippen LogP contribution < -0.4 is 16.0 Å². The summed E-state index contributed by atoms with van der Waals surface area (Å²) in [7, 11) is 0. The van der Waals surface area contributed by atoms with Gasteiger partial charge in [0.2, 0.25) is 0 Å². The van der Waals surface area contributed by atoms with E-state index in [9.17, 15) is 9.50 Å². The van der Waals surface area contributed by atoms with Crippen LogP contribution in [0.25, 0.3) is 10.9 Å². The third-order valence-corrected chi connectivity index (χ3v) is 4.22. The maximum Gasteiger partial charge on any atom is 0.140 e. The lowest BCUT2D eigenvalue weighted by Crippen LogP contribution is -2.41. The fourth-order valence-corrected chi connectivity index (χ4v) is 2.95. The maximum absolute atomic E-state index is 13.5. The number of pyridine rings is 1. The first kappa shape index (κ1) is 16.6. The van der Waals surface area contributed by atoms with Gasteiger partial charge in [0.1, 0.15) is 23.7 Å². The van der Waals surface area contributed by atoms with Gasteiger partial charge in [0.05, 0.1) is 11.1 Å². The van der Waals surface area contributed by atoms with Crippen molar-refractivity contribution in [3.8, 4) is 0 Å². The van der Waals surface area contributed by atoms with E-state index < -0.39 is 6.23 Å². The molecule has 0 radical (unpaired) electrons. The molecule has 1 aliphatic heterocycles. The number of benzene rings is 1. The van der Waals surface area contributed by atoms with Gasteiger partial charge in [-0.05, 0) is 38.0 Å². The van der Waals surface area contributed by atoms with E-state index in [2.05, 4.69) is 15.2 Å². The Morgan fingerprint density at radius 2 is 2.12 bits per heavy atom. The number of anilines is 1. The van der Waals surface area contributed by atoms with Crippen LogP contribution in [0.15, 0.2) is 24.3 Å². The fourth-order valence-electron chi connectivity index (χ4n) is 2.95. The molecule has 1 atom stereocenters. The summed E-state index contributed by atoms with van der Waals surface area (Å²) in [6, 6.07) is 6.40. The fraction of sp³-hybridized carbons (Fsp3) is 0.412. The third-order valence-electron chi connectivity index (χ3n) is 4.22. The van der Waals surface area contributed by atoms with Gasteiger partial charge in [0.25, 0.3) is 0 Å². The second-order valence-electron chi connectivity index (χ2n) is 6.22. The lowest BCUT2D eigenvalue weighted by Gasteiger charge is -2.32. The van der Waals surface area contributed by atoms with Gasteiger partial charge in [-0.1, -0.05) is 0 Å². The van der Waals surface area contributed by atoms with Crippen LogP contribution in [0.4, 0.5) is 10.2 Å². The number of piperidine rings is 1. The molecule has 1 aliphatic rings. The first-order valence-electron chi connectivity index (χ1n) is 8.08. The highest BCUT2D eigenvalue weighted by molar-refractivity contribution is 6.04. The number of fused-ring (bicyclic) bond motifs is 1. The Hall–Kier alpha value is -2.25. The number of nitrogens with two attached hydrogens (primary N) is 1. The van der Waals surface area contributed by atoms with Gasteiger partial charge >= 0.3 is 0 Å². The first-order valence-corrected chi connectivity index (χ1v) is 8.08. The minimum atomic E-state index is -0.843. The highest BCUT2D eigenvalue weighted by Crippen LogP contribution is 2.26. The molecular formula is C17H22FN5O. The summed E-state index contributed by atoms with van der Waals surface area (Å²) in [6.45, 7) is 3.03. The third kappa shape index (κ3) is 3.47. The summed E-state index contributed by atoms with van der Waals surface area (Å²) in [4.78, 5) is 6.67. The molecule has 7 heteroatoms. The van der Waals surface area contributed by atoms with Gasteiger partial charge < -0.3 is 21.1 Å². The number of hydrogen-bond donors (Lipinski definition) is 4. The van der Waals surface area contributed by atoms with Crippen molar-refractivity contribution in [2.75, 3.05) is 18.0 Å². The molecule has 6 nitrogen and oxygen atoms in total. The molecule has 2 heterocycles. The Labute approximate surface area is 140 Å². The van der Waals surface area contributed by atoms with E-state index in [0.717, 1.165) is 31.3 Å². The Bertz CT molecular complexity index is 756. The number of rotatable bonds is 3. The van der Waals surface area contributed by atoms with Crippen molar-refractivity contribution in [3.05, 3.63) is 35.6 Å². The van der Waals surface area contributed by atoms with Gasteiger partial charge in [-0.15, -0.1) is 0 Å². The van der Waals surface area contributed by atoms with Crippen LogP contribution in [-0.2, 0) is 0 Å². The van der Waals surface area contributed by atoms with Gasteiger partial charge in [0.15, 0.2) is 0 Å². The number of amidine groups is 1. The Kier molecular flexibility index (Phi) is 4.64. The van der Waals surface area contributed by atoms with Crippen LogP contribution in [0.3, 0.4) is 0 Å². The van der Waals surface area contributed by atoms with Gasteiger partial charge in [-0.25, -0.2) is 9.37 Å². The van der Waals surface area contributed by atoms with E-state index in [1.807, 2.05) is 6.07 Å². The topological polar surface area (TPSA) is 98.3 Å². The van der Waals surface area contributed by atoms with E-state index >= 15 is 0 Å². The van der Waals surface area contributed by atoms with Crippen LogP contribution in [0.5, 0.6) is 0 Å². The summed E-state index contributed by atoms with van der Waals surface area (Å²) in [5.74, 6) is 0.373. The number of aliphatic hydroxyl groups excluding tert-OH is 1. The molecule has 0 amide bonds. The predicted octanol–water partition coefficient (Wildman–Crippen LogP) is 1.55. The minimum absolute atomic E-state index is 0.0913. The molecule has 24 heavy (non-hydrogen) atoms. The molecular weight excluding hydrogens is 309 g/mol. The monoisotopic (exact) mass is 331 g/mol. The highest BCUT2D eigenvalue weighted by Gasteiger charge is 2.22. The van der Waals surface area contributed by atoms with Crippen LogP contribution >= 0.6 is 0 Å². The molecule has 1 aromatic heterocycles. The number of halogens is 1. The SMILES string of the molecule is CC(O)NC(=N)c1cc2ccc(F)cc2nc1N1CCC(N)CC1. The van der Waals surface area contributed by atoms with Crippen molar-refractivity contribution in [3.63, 3.8) is 0 Å². The molecule has 1 aromatic carbocycles. The van der Waals surface area contributed by atoms with E-state index in [1.54, 1.807) is 13.0 Å². The quantitative estimate of drug-likeness (QED) is 0.389. The van der Waals surface area contributed by atoms with Gasteiger partial charge in [-0.3, -0.25) is 5.41 Å². The van der Waals surface area contributed by atoms with E-state index in [-0.39, 0.29) is 17.7 Å². The summed E-state index contributed by atoms with van der Waals surface area (Å²) < 4.78 is 13.5. The standard InChI is InChI=1S/C17H22FN5O/c1-10(24)21-16(20)14-8-11-2-3-12(18)9-15(11)22-17(14)23-6-4-13(19)5-7-23/h2-3,8-10,13,24H,4-7,19H2,1H3,(H2,20,21). The van der Waals surface area contributed by atoms with E-state index in [4.69, 9.17) is 11.1 Å². The Morgan fingerprint density at radius 1 is 1.42 bits per heavy atom. The molecule has 1 fully saturated rings. The molecule has 0 bridgehead atoms. The average molecular weight is 331 g/mol. The number of nitrogens with zero attached hydrogens (tertiary/aromatic N) is 2. The molecule has 0 aliphatic carbocycles. The lowest BCUT2D eigenvalue weighted by molar-refractivity contribution is 0.180. The molecule has 2 aromatic rings. The molecule has 0 saturated carbocycles. The van der Waals surface area contributed by atoms with Crippen LogP contribution in [0.2, 0.25) is 0 Å². The van der Waals surface area contributed by atoms with Crippen molar-refractivity contribution >= 4 is 22.6 Å². The first-order chi connectivity index (χ1) is 11.4. The zero-order chi connectivity index (χ0) is 17.3. The molecule has 5 N–H and O–H groups in total. The molecule has 0 spiro atoms.